The van der Waals surface area contributed by atoms with Crippen LogP contribution in [-0.2, 0) is 14.8 Å². The van der Waals surface area contributed by atoms with Crippen LogP contribution in [-0.4, -0.2) is 33.4 Å². The van der Waals surface area contributed by atoms with E-state index in [1.54, 1.807) is 0 Å². The quantitative estimate of drug-likeness (QED) is 0.825. The highest BCUT2D eigenvalue weighted by Gasteiger charge is 2.23. The van der Waals surface area contributed by atoms with Crippen LogP contribution >= 0.6 is 12.4 Å². The molecule has 1 aliphatic rings. The molecule has 114 valence electrons. The molecule has 1 aromatic rings. The number of ether oxygens (including phenoxy) is 1. The van der Waals surface area contributed by atoms with E-state index < -0.39 is 10.0 Å². The number of rotatable bonds is 6. The monoisotopic (exact) mass is 320 g/mol. The highest BCUT2D eigenvalue weighted by Crippen LogP contribution is 2.14. The second-order valence-electron chi connectivity index (χ2n) is 4.78. The number of sulfonamides is 1. The van der Waals surface area contributed by atoms with Crippen molar-refractivity contribution in [1.29, 1.82) is 0 Å². The van der Waals surface area contributed by atoms with Crippen molar-refractivity contribution in [2.24, 2.45) is 5.73 Å². The molecule has 3 N–H and O–H groups in total. The van der Waals surface area contributed by atoms with Crippen molar-refractivity contribution in [3.8, 4) is 0 Å². The lowest BCUT2D eigenvalue weighted by Crippen LogP contribution is -2.36. The summed E-state index contributed by atoms with van der Waals surface area (Å²) in [5, 5.41) is 0. The molecule has 1 saturated heterocycles. The smallest absolute Gasteiger partial charge is 0.214 e. The third-order valence-corrected chi connectivity index (χ3v) is 4.60. The van der Waals surface area contributed by atoms with Crippen LogP contribution in [0, 0.1) is 0 Å². The first-order valence-corrected chi connectivity index (χ1v) is 8.11. The van der Waals surface area contributed by atoms with E-state index in [-0.39, 0.29) is 36.9 Å². The average Bonchev–Trinajstić information content (AvgIpc) is 2.89. The summed E-state index contributed by atoms with van der Waals surface area (Å²) in [6, 6.07) is 9.11. The first kappa shape index (κ1) is 17.4. The summed E-state index contributed by atoms with van der Waals surface area (Å²) in [6.07, 6.45) is 1.57. The van der Waals surface area contributed by atoms with Gasteiger partial charge in [0.25, 0.3) is 0 Å². The summed E-state index contributed by atoms with van der Waals surface area (Å²) in [5.74, 6) is 0.0223. The number of hydrogen-bond donors (Lipinski definition) is 2. The molecule has 2 rings (SSSR count). The van der Waals surface area contributed by atoms with Gasteiger partial charge in [0, 0.05) is 19.2 Å². The predicted molar refractivity (Wildman–Crippen MR) is 81.4 cm³/mol. The van der Waals surface area contributed by atoms with Gasteiger partial charge in [-0.05, 0) is 18.4 Å². The lowest BCUT2D eigenvalue weighted by Gasteiger charge is -2.15. The van der Waals surface area contributed by atoms with Crippen molar-refractivity contribution >= 4 is 22.4 Å². The molecule has 0 aromatic heterocycles. The summed E-state index contributed by atoms with van der Waals surface area (Å²) in [5.41, 5.74) is 6.87. The highest BCUT2D eigenvalue weighted by atomic mass is 35.5. The van der Waals surface area contributed by atoms with Crippen LogP contribution in [0.25, 0.3) is 0 Å². The van der Waals surface area contributed by atoms with Gasteiger partial charge in [0.1, 0.15) is 0 Å². The van der Waals surface area contributed by atoms with Crippen LogP contribution in [0.2, 0.25) is 0 Å². The molecule has 5 nitrogen and oxygen atoms in total. The van der Waals surface area contributed by atoms with Gasteiger partial charge in [0.05, 0.1) is 11.9 Å². The summed E-state index contributed by atoms with van der Waals surface area (Å²) >= 11 is 0. The average molecular weight is 321 g/mol. The van der Waals surface area contributed by atoms with Crippen LogP contribution in [0.5, 0.6) is 0 Å². The van der Waals surface area contributed by atoms with E-state index in [1.165, 1.54) is 0 Å². The summed E-state index contributed by atoms with van der Waals surface area (Å²) in [6.45, 7) is 0.864. The molecule has 1 heterocycles. The maximum Gasteiger partial charge on any atom is 0.214 e. The third kappa shape index (κ3) is 5.38. The van der Waals surface area contributed by atoms with Crippen LogP contribution in [0.3, 0.4) is 0 Å². The van der Waals surface area contributed by atoms with Gasteiger partial charge in [0.15, 0.2) is 0 Å². The zero-order chi connectivity index (χ0) is 13.7. The van der Waals surface area contributed by atoms with Gasteiger partial charge in [-0.3, -0.25) is 0 Å². The third-order valence-electron chi connectivity index (χ3n) is 3.18. The summed E-state index contributed by atoms with van der Waals surface area (Å²) < 4.78 is 31.6. The SMILES string of the molecule is Cl.NC(CNS(=O)(=O)CC1CCCO1)c1ccccc1. The lowest BCUT2D eigenvalue weighted by molar-refractivity contribution is 0.127. The number of benzene rings is 1. The van der Waals surface area contributed by atoms with Crippen molar-refractivity contribution in [3.63, 3.8) is 0 Å². The van der Waals surface area contributed by atoms with Crippen molar-refractivity contribution in [3.05, 3.63) is 35.9 Å². The molecule has 2 atom stereocenters. The molecule has 1 aliphatic heterocycles. The Kier molecular flexibility index (Phi) is 6.91. The fraction of sp³-hybridized carbons (Fsp3) is 0.538. The molecule has 0 amide bonds. The minimum atomic E-state index is -3.32. The van der Waals surface area contributed by atoms with Gasteiger partial charge < -0.3 is 10.5 Å². The standard InChI is InChI=1S/C13H20N2O3S.ClH/c14-13(11-5-2-1-3-6-11)9-15-19(16,17)10-12-7-4-8-18-12;/h1-3,5-6,12-13,15H,4,7-10,14H2;1H. The van der Waals surface area contributed by atoms with Gasteiger partial charge in [-0.2, -0.15) is 0 Å². The first-order valence-electron chi connectivity index (χ1n) is 6.46. The van der Waals surface area contributed by atoms with Gasteiger partial charge in [-0.25, -0.2) is 13.1 Å². The Bertz CT molecular complexity index is 490. The molecule has 2 unspecified atom stereocenters. The van der Waals surface area contributed by atoms with E-state index in [1.807, 2.05) is 30.3 Å². The largest absolute Gasteiger partial charge is 0.377 e. The van der Waals surface area contributed by atoms with E-state index in [0.29, 0.717) is 6.61 Å². The summed E-state index contributed by atoms with van der Waals surface area (Å²) in [4.78, 5) is 0. The molecular formula is C13H21ClN2O3S. The Morgan fingerprint density at radius 3 is 2.65 bits per heavy atom. The van der Waals surface area contributed by atoms with Crippen molar-refractivity contribution in [2.75, 3.05) is 18.9 Å². The Morgan fingerprint density at radius 2 is 2.05 bits per heavy atom. The molecule has 0 aliphatic carbocycles. The minimum absolute atomic E-state index is 0. The number of hydrogen-bond acceptors (Lipinski definition) is 4. The maximum atomic E-state index is 11.9. The van der Waals surface area contributed by atoms with Gasteiger partial charge in [0.2, 0.25) is 10.0 Å². The van der Waals surface area contributed by atoms with Gasteiger partial charge in [-0.15, -0.1) is 12.4 Å². The molecule has 0 bridgehead atoms. The molecular weight excluding hydrogens is 300 g/mol. The highest BCUT2D eigenvalue weighted by molar-refractivity contribution is 7.89. The zero-order valence-electron chi connectivity index (χ0n) is 11.2. The van der Waals surface area contributed by atoms with E-state index >= 15 is 0 Å². The van der Waals surface area contributed by atoms with Gasteiger partial charge in [-0.1, -0.05) is 30.3 Å². The van der Waals surface area contributed by atoms with Crippen molar-refractivity contribution in [1.82, 2.24) is 4.72 Å². The van der Waals surface area contributed by atoms with Crippen molar-refractivity contribution < 1.29 is 13.2 Å². The summed E-state index contributed by atoms with van der Waals surface area (Å²) in [7, 11) is -3.32. The second kappa shape index (κ2) is 7.95. The maximum absolute atomic E-state index is 11.9. The molecule has 1 aromatic carbocycles. The second-order valence-corrected chi connectivity index (χ2v) is 6.63. The molecule has 1 fully saturated rings. The van der Waals surface area contributed by atoms with Crippen LogP contribution < -0.4 is 10.5 Å². The molecule has 7 heteroatoms. The van der Waals surface area contributed by atoms with Crippen LogP contribution in [0.4, 0.5) is 0 Å². The number of nitrogens with two attached hydrogens (primary N) is 1. The molecule has 0 radical (unpaired) electrons. The first-order chi connectivity index (χ1) is 9.07. The fourth-order valence-electron chi connectivity index (χ4n) is 2.11. The van der Waals surface area contributed by atoms with Crippen molar-refractivity contribution in [2.45, 2.75) is 25.0 Å². The molecule has 20 heavy (non-hydrogen) atoms. The van der Waals surface area contributed by atoms with Crippen LogP contribution in [0.15, 0.2) is 30.3 Å². The number of nitrogens with one attached hydrogen (secondary N) is 1. The normalized spacial score (nSPS) is 20.4. The molecule has 0 saturated carbocycles. The van der Waals surface area contributed by atoms with E-state index in [2.05, 4.69) is 4.72 Å². The lowest BCUT2D eigenvalue weighted by atomic mass is 10.1. The van der Waals surface area contributed by atoms with E-state index in [4.69, 9.17) is 10.5 Å². The Labute approximate surface area is 126 Å². The van der Waals surface area contributed by atoms with Crippen LogP contribution in [0.1, 0.15) is 24.4 Å². The van der Waals surface area contributed by atoms with E-state index in [9.17, 15) is 8.42 Å². The predicted octanol–water partition coefficient (Wildman–Crippen LogP) is 1.21. The number of halogens is 1. The van der Waals surface area contributed by atoms with E-state index in [0.717, 1.165) is 18.4 Å². The Hall–Kier alpha value is -0.660. The zero-order valence-corrected chi connectivity index (χ0v) is 12.8. The van der Waals surface area contributed by atoms with Gasteiger partial charge >= 0.3 is 0 Å². The Balaban J connectivity index is 0.00000200. The minimum Gasteiger partial charge on any atom is -0.377 e. The Morgan fingerprint density at radius 1 is 1.35 bits per heavy atom. The topological polar surface area (TPSA) is 81.4 Å². The molecule has 0 spiro atoms. The fourth-order valence-corrected chi connectivity index (χ4v) is 3.42.